The van der Waals surface area contributed by atoms with Crippen LogP contribution in [0.2, 0.25) is 0 Å². The molecule has 0 amide bonds. The van der Waals surface area contributed by atoms with Gasteiger partial charge in [-0.2, -0.15) is 0 Å². The van der Waals surface area contributed by atoms with Gasteiger partial charge in [-0.05, 0) is 41.5 Å². The molecule has 28 heavy (non-hydrogen) atoms. The molecule has 0 aromatic rings. The maximum atomic E-state index is 13.7. The maximum absolute atomic E-state index is 13.7. The van der Waals surface area contributed by atoms with E-state index in [4.69, 9.17) is 22.6 Å². The molecule has 0 heterocycles. The molecule has 0 N–H and O–H groups in total. The van der Waals surface area contributed by atoms with Gasteiger partial charge in [0.1, 0.15) is 0 Å². The molecule has 0 saturated carbocycles. The molecule has 0 radical (unpaired) electrons. The lowest BCUT2D eigenvalue weighted by molar-refractivity contribution is 0.0207. The van der Waals surface area contributed by atoms with Gasteiger partial charge >= 0.3 is 15.4 Å². The number of phosphoric acid groups is 1. The largest absolute Gasteiger partial charge is 0.476 e. The van der Waals surface area contributed by atoms with Gasteiger partial charge in [0.25, 0.3) is 0 Å². The van der Waals surface area contributed by atoms with Crippen molar-refractivity contribution in [3.63, 3.8) is 0 Å². The first kappa shape index (κ1) is 30.2. The van der Waals surface area contributed by atoms with Gasteiger partial charge in [0, 0.05) is 21.3 Å². The Labute approximate surface area is 202 Å². The van der Waals surface area contributed by atoms with Gasteiger partial charge in [0.2, 0.25) is 0 Å². The van der Waals surface area contributed by atoms with Crippen LogP contribution in [-0.2, 0) is 31.7 Å². The molecule has 170 valence electrons. The zero-order valence-corrected chi connectivity index (χ0v) is 25.0. The summed E-state index contributed by atoms with van der Waals surface area (Å²) in [5.41, 5.74) is 0. The monoisotopic (exact) mass is 700 g/mol. The van der Waals surface area contributed by atoms with Crippen LogP contribution in [0.3, 0.4) is 0 Å². The summed E-state index contributed by atoms with van der Waals surface area (Å²) in [7, 11) is -8.01. The number of halogens is 4. The summed E-state index contributed by atoms with van der Waals surface area (Å²) < 4.78 is 55.4. The molecule has 0 aromatic heterocycles. The van der Waals surface area contributed by atoms with Crippen molar-refractivity contribution in [3.8, 4) is 0 Å². The second kappa shape index (κ2) is 13.7. The van der Waals surface area contributed by atoms with E-state index in [-0.39, 0.29) is 0 Å². The highest BCUT2D eigenvalue weighted by atomic mass is 79.9. The van der Waals surface area contributed by atoms with Crippen molar-refractivity contribution in [2.45, 2.75) is 71.3 Å². The Balaban J connectivity index is 5.89. The van der Waals surface area contributed by atoms with Crippen LogP contribution in [0.15, 0.2) is 0 Å². The van der Waals surface area contributed by atoms with E-state index in [1.54, 1.807) is 27.7 Å². The molecule has 13 heteroatoms. The fourth-order valence-electron chi connectivity index (χ4n) is 1.70. The third-order valence-corrected chi connectivity index (χ3v) is 11.5. The molecular formula is C15H30Br4O7P2. The molecule has 0 saturated heterocycles. The van der Waals surface area contributed by atoms with E-state index < -0.39 is 45.2 Å². The average Bonchev–Trinajstić information content (AvgIpc) is 2.59. The Kier molecular flexibility index (Phi) is 14.7. The molecule has 4 unspecified atom stereocenters. The Morgan fingerprint density at radius 2 is 0.964 bits per heavy atom. The van der Waals surface area contributed by atoms with Gasteiger partial charge in [0.05, 0.1) is 24.4 Å². The SMILES string of the molecule is CC(CBr)OP(=O)(OC(C)CBr)OC(C)(C)P(=O)(OC(C)CBr)OC(C)CBr. The molecule has 0 bridgehead atoms. The summed E-state index contributed by atoms with van der Waals surface area (Å²) in [5.74, 6) is 0. The molecule has 0 aliphatic rings. The quantitative estimate of drug-likeness (QED) is 0.131. The first-order valence-electron chi connectivity index (χ1n) is 8.66. The molecule has 0 aliphatic carbocycles. The van der Waals surface area contributed by atoms with E-state index >= 15 is 0 Å². The first-order chi connectivity index (χ1) is 12.8. The molecule has 0 aromatic carbocycles. The third kappa shape index (κ3) is 10.2. The van der Waals surface area contributed by atoms with E-state index in [9.17, 15) is 9.13 Å². The number of hydrogen-bond acceptors (Lipinski definition) is 7. The third-order valence-electron chi connectivity index (χ3n) is 3.12. The lowest BCUT2D eigenvalue weighted by atomic mass is 10.5. The van der Waals surface area contributed by atoms with Gasteiger partial charge in [-0.1, -0.05) is 63.7 Å². The highest BCUT2D eigenvalue weighted by Crippen LogP contribution is 2.68. The van der Waals surface area contributed by atoms with Crippen LogP contribution < -0.4 is 0 Å². The minimum absolute atomic E-state index is 0.415. The second-order valence-corrected chi connectivity index (χ2v) is 13.3. The topological polar surface area (TPSA) is 80.3 Å². The number of hydrogen-bond donors (Lipinski definition) is 0. The molecular weight excluding hydrogens is 674 g/mol. The molecule has 0 spiro atoms. The van der Waals surface area contributed by atoms with Crippen molar-refractivity contribution in [1.82, 2.24) is 0 Å². The lowest BCUT2D eigenvalue weighted by Crippen LogP contribution is -2.32. The predicted octanol–water partition coefficient (Wildman–Crippen LogP) is 7.24. The van der Waals surface area contributed by atoms with Crippen LogP contribution in [0.25, 0.3) is 0 Å². The smallest absolute Gasteiger partial charge is 0.303 e. The van der Waals surface area contributed by atoms with Crippen LogP contribution in [-0.4, -0.2) is 51.1 Å². The number of phosphoric ester groups is 1. The Morgan fingerprint density at radius 3 is 1.25 bits per heavy atom. The highest BCUT2D eigenvalue weighted by Gasteiger charge is 2.52. The summed E-state index contributed by atoms with van der Waals surface area (Å²) in [4.78, 5) is 0. The molecule has 0 fully saturated rings. The van der Waals surface area contributed by atoms with E-state index in [0.717, 1.165) is 0 Å². The van der Waals surface area contributed by atoms with Crippen molar-refractivity contribution in [3.05, 3.63) is 0 Å². The molecule has 4 atom stereocenters. The van der Waals surface area contributed by atoms with Crippen LogP contribution >= 0.6 is 79.1 Å². The maximum Gasteiger partial charge on any atom is 0.476 e. The average molecular weight is 704 g/mol. The van der Waals surface area contributed by atoms with Crippen LogP contribution in [0.5, 0.6) is 0 Å². The Bertz CT molecular complexity index is 520. The number of rotatable bonds is 15. The van der Waals surface area contributed by atoms with Crippen LogP contribution in [0, 0.1) is 0 Å². The van der Waals surface area contributed by atoms with Gasteiger partial charge in [-0.15, -0.1) is 0 Å². The van der Waals surface area contributed by atoms with Crippen molar-refractivity contribution >= 4 is 79.1 Å². The lowest BCUT2D eigenvalue weighted by Gasteiger charge is -2.37. The zero-order valence-electron chi connectivity index (χ0n) is 16.9. The minimum Gasteiger partial charge on any atom is -0.303 e. The summed E-state index contributed by atoms with van der Waals surface area (Å²) >= 11 is 13.1. The summed E-state index contributed by atoms with van der Waals surface area (Å²) in [6.45, 7) is 9.90. The van der Waals surface area contributed by atoms with Crippen molar-refractivity contribution < 1.29 is 31.7 Å². The first-order valence-corrected chi connectivity index (χ1v) is 16.1. The van der Waals surface area contributed by atoms with Crippen LogP contribution in [0.4, 0.5) is 0 Å². The fourth-order valence-corrected chi connectivity index (χ4v) is 7.11. The number of alkyl halides is 4. The van der Waals surface area contributed by atoms with E-state index in [2.05, 4.69) is 63.7 Å². The van der Waals surface area contributed by atoms with Crippen molar-refractivity contribution in [2.24, 2.45) is 0 Å². The van der Waals surface area contributed by atoms with E-state index in [1.807, 2.05) is 0 Å². The van der Waals surface area contributed by atoms with Gasteiger partial charge in [-0.25, -0.2) is 4.57 Å². The predicted molar refractivity (Wildman–Crippen MR) is 128 cm³/mol. The standard InChI is InChI=1S/C15H30Br4O7P2/c1-11(7-16)22-27(20,23-12(2)8-17)15(5,6)26-28(21,24-13(3)9-18)25-14(4)10-19/h11-14H,7-10H2,1-6H3. The van der Waals surface area contributed by atoms with E-state index in [1.165, 1.54) is 13.8 Å². The highest BCUT2D eigenvalue weighted by molar-refractivity contribution is 9.09. The molecule has 0 aliphatic heterocycles. The second-order valence-electron chi connectivity index (χ2n) is 6.76. The van der Waals surface area contributed by atoms with Gasteiger partial charge < -0.3 is 9.05 Å². The normalized spacial score (nSPS) is 21.4. The summed E-state index contributed by atoms with van der Waals surface area (Å²) in [6.07, 6.45) is -1.79. The van der Waals surface area contributed by atoms with Gasteiger partial charge in [0.15, 0.2) is 5.34 Å². The minimum atomic E-state index is -4.10. The van der Waals surface area contributed by atoms with Crippen molar-refractivity contribution in [2.75, 3.05) is 21.3 Å². The fraction of sp³-hybridized carbons (Fsp3) is 1.00. The van der Waals surface area contributed by atoms with Gasteiger partial charge in [-0.3, -0.25) is 18.1 Å². The van der Waals surface area contributed by atoms with Crippen molar-refractivity contribution in [1.29, 1.82) is 0 Å². The summed E-state index contributed by atoms with van der Waals surface area (Å²) in [5, 5.41) is 0.0982. The zero-order chi connectivity index (χ0) is 22.2. The van der Waals surface area contributed by atoms with E-state index in [0.29, 0.717) is 21.3 Å². The van der Waals surface area contributed by atoms with Crippen LogP contribution in [0.1, 0.15) is 41.5 Å². The Morgan fingerprint density at radius 1 is 0.679 bits per heavy atom. The summed E-state index contributed by atoms with van der Waals surface area (Å²) in [6, 6.07) is 0. The molecule has 0 rings (SSSR count). The Hall–Kier alpha value is 2.18. The molecule has 7 nitrogen and oxygen atoms in total.